The van der Waals surface area contributed by atoms with Gasteiger partial charge in [0, 0.05) is 6.08 Å². The molecule has 1 atom stereocenters. The van der Waals surface area contributed by atoms with Crippen molar-refractivity contribution in [2.75, 3.05) is 0 Å². The van der Waals surface area contributed by atoms with Crippen LogP contribution in [0.4, 0.5) is 0 Å². The predicted molar refractivity (Wildman–Crippen MR) is 38.0 cm³/mol. The molecule has 0 unspecified atom stereocenters. The van der Waals surface area contributed by atoms with Crippen molar-refractivity contribution in [3.05, 3.63) is 34.0 Å². The Morgan fingerprint density at radius 2 is 2.50 bits per heavy atom. The molecule has 0 aromatic carbocycles. The Hall–Kier alpha value is -1.12. The molecule has 3 nitrogen and oxygen atoms in total. The molecule has 1 aliphatic carbocycles. The zero-order valence-electron chi connectivity index (χ0n) is 5.78. The number of nitrogens with zero attached hydrogens (tertiary/aromatic N) is 1. The van der Waals surface area contributed by atoms with Crippen molar-refractivity contribution in [2.45, 2.75) is 13.3 Å². The third-order valence-electron chi connectivity index (χ3n) is 1.61. The van der Waals surface area contributed by atoms with E-state index in [-0.39, 0.29) is 10.8 Å². The van der Waals surface area contributed by atoms with Crippen LogP contribution < -0.4 is 0 Å². The highest BCUT2D eigenvalue weighted by atomic mass is 16.6. The quantitative estimate of drug-likeness (QED) is 0.410. The zero-order valence-corrected chi connectivity index (χ0v) is 5.78. The highest BCUT2D eigenvalue weighted by molar-refractivity contribution is 5.14. The summed E-state index contributed by atoms with van der Waals surface area (Å²) in [6.45, 7) is 1.86. The van der Waals surface area contributed by atoms with Gasteiger partial charge in [0.25, 0.3) is 0 Å². The van der Waals surface area contributed by atoms with E-state index in [2.05, 4.69) is 0 Å². The first kappa shape index (κ1) is 6.99. The van der Waals surface area contributed by atoms with Crippen LogP contribution in [0.25, 0.3) is 0 Å². The van der Waals surface area contributed by atoms with Gasteiger partial charge < -0.3 is 0 Å². The Kier molecular flexibility index (Phi) is 1.85. The Bertz CT molecular complexity index is 206. The van der Waals surface area contributed by atoms with Crippen LogP contribution in [0.15, 0.2) is 23.9 Å². The van der Waals surface area contributed by atoms with Crippen molar-refractivity contribution < 1.29 is 4.92 Å². The highest BCUT2D eigenvalue weighted by Crippen LogP contribution is 2.19. The van der Waals surface area contributed by atoms with Crippen LogP contribution in [-0.2, 0) is 0 Å². The molecule has 10 heavy (non-hydrogen) atoms. The minimum atomic E-state index is -0.311. The molecular formula is C7H9NO2. The summed E-state index contributed by atoms with van der Waals surface area (Å²) < 4.78 is 0. The normalized spacial score (nSPS) is 24.1. The molecular weight excluding hydrogens is 130 g/mol. The maximum Gasteiger partial charge on any atom is 0.249 e. The molecule has 0 saturated heterocycles. The number of hydrogen-bond acceptors (Lipinski definition) is 2. The lowest BCUT2D eigenvalue weighted by Crippen LogP contribution is -2.09. The highest BCUT2D eigenvalue weighted by Gasteiger charge is 2.19. The molecule has 54 valence electrons. The van der Waals surface area contributed by atoms with Crippen LogP contribution in [0.3, 0.4) is 0 Å². The van der Waals surface area contributed by atoms with Crippen LogP contribution in [0.5, 0.6) is 0 Å². The van der Waals surface area contributed by atoms with Gasteiger partial charge >= 0.3 is 0 Å². The van der Waals surface area contributed by atoms with Gasteiger partial charge in [-0.15, -0.1) is 0 Å². The summed E-state index contributed by atoms with van der Waals surface area (Å²) in [5, 5.41) is 10.3. The average molecular weight is 139 g/mol. The van der Waals surface area contributed by atoms with Crippen LogP contribution in [-0.4, -0.2) is 4.92 Å². The summed E-state index contributed by atoms with van der Waals surface area (Å²) in [5.74, 6) is 0.0694. The SMILES string of the molecule is C[C@@H]1CC=CC=C1[N+](=O)[O-]. The van der Waals surface area contributed by atoms with E-state index in [1.165, 1.54) is 0 Å². The summed E-state index contributed by atoms with van der Waals surface area (Å²) in [6, 6.07) is 0. The van der Waals surface area contributed by atoms with Gasteiger partial charge in [-0.3, -0.25) is 10.1 Å². The van der Waals surface area contributed by atoms with Crippen LogP contribution >= 0.6 is 0 Å². The molecule has 0 amide bonds. The average Bonchev–Trinajstić information content (AvgIpc) is 1.88. The summed E-state index contributed by atoms with van der Waals surface area (Å²) in [7, 11) is 0. The Morgan fingerprint density at radius 3 is 2.90 bits per heavy atom. The maximum absolute atomic E-state index is 10.3. The molecule has 0 N–H and O–H groups in total. The lowest BCUT2D eigenvalue weighted by atomic mass is 10.00. The number of hydrogen-bond donors (Lipinski definition) is 0. The van der Waals surface area contributed by atoms with E-state index in [4.69, 9.17) is 0 Å². The van der Waals surface area contributed by atoms with Gasteiger partial charge in [-0.2, -0.15) is 0 Å². The lowest BCUT2D eigenvalue weighted by Gasteiger charge is -2.07. The maximum atomic E-state index is 10.3. The second-order valence-electron chi connectivity index (χ2n) is 2.41. The van der Waals surface area contributed by atoms with Crippen molar-refractivity contribution in [1.82, 2.24) is 0 Å². The molecule has 0 bridgehead atoms. The number of rotatable bonds is 1. The van der Waals surface area contributed by atoms with Crippen molar-refractivity contribution in [3.63, 3.8) is 0 Å². The Balaban J connectivity index is 2.80. The van der Waals surface area contributed by atoms with Gasteiger partial charge in [0.15, 0.2) is 0 Å². The molecule has 0 aromatic heterocycles. The minimum absolute atomic E-state index is 0.0694. The van der Waals surface area contributed by atoms with Gasteiger partial charge in [0.2, 0.25) is 5.70 Å². The van der Waals surface area contributed by atoms with E-state index < -0.39 is 0 Å². The molecule has 0 aromatic rings. The monoisotopic (exact) mass is 139 g/mol. The van der Waals surface area contributed by atoms with Gasteiger partial charge in [-0.1, -0.05) is 19.1 Å². The smallest absolute Gasteiger partial charge is 0.249 e. The fourth-order valence-electron chi connectivity index (χ4n) is 0.975. The van der Waals surface area contributed by atoms with Crippen molar-refractivity contribution >= 4 is 0 Å². The topological polar surface area (TPSA) is 43.1 Å². The summed E-state index contributed by atoms with van der Waals surface area (Å²) >= 11 is 0. The molecule has 1 aliphatic rings. The Labute approximate surface area is 59.2 Å². The molecule has 0 aliphatic heterocycles. The lowest BCUT2D eigenvalue weighted by molar-refractivity contribution is -0.433. The van der Waals surface area contributed by atoms with Crippen molar-refractivity contribution in [1.29, 1.82) is 0 Å². The van der Waals surface area contributed by atoms with Crippen LogP contribution in [0, 0.1) is 16.0 Å². The van der Waals surface area contributed by atoms with E-state index >= 15 is 0 Å². The van der Waals surface area contributed by atoms with Gasteiger partial charge in [-0.05, 0) is 6.42 Å². The van der Waals surface area contributed by atoms with E-state index in [9.17, 15) is 10.1 Å². The van der Waals surface area contributed by atoms with Crippen LogP contribution in [0.2, 0.25) is 0 Å². The predicted octanol–water partition coefficient (Wildman–Crippen LogP) is 1.74. The van der Waals surface area contributed by atoms with Gasteiger partial charge in [0.05, 0.1) is 10.8 Å². The molecule has 0 saturated carbocycles. The first-order chi connectivity index (χ1) is 4.72. The minimum Gasteiger partial charge on any atom is -0.259 e. The second-order valence-corrected chi connectivity index (χ2v) is 2.41. The summed E-state index contributed by atoms with van der Waals surface area (Å²) in [5.41, 5.74) is 0.322. The van der Waals surface area contributed by atoms with Crippen LogP contribution in [0.1, 0.15) is 13.3 Å². The van der Waals surface area contributed by atoms with Gasteiger partial charge in [-0.25, -0.2) is 0 Å². The second kappa shape index (κ2) is 2.64. The standard InChI is InChI=1S/C7H9NO2/c1-6-4-2-3-5-7(6)8(9)10/h2-3,5-6H,4H2,1H3/t6-/m1/s1. The molecule has 0 heterocycles. The van der Waals surface area contributed by atoms with E-state index in [1.54, 1.807) is 12.2 Å². The summed E-state index contributed by atoms with van der Waals surface area (Å²) in [6.07, 6.45) is 6.02. The van der Waals surface area contributed by atoms with E-state index in [0.29, 0.717) is 5.70 Å². The number of nitro groups is 1. The molecule has 0 radical (unpaired) electrons. The zero-order chi connectivity index (χ0) is 7.56. The third kappa shape index (κ3) is 1.23. The fourth-order valence-corrected chi connectivity index (χ4v) is 0.975. The molecule has 1 rings (SSSR count). The first-order valence-electron chi connectivity index (χ1n) is 3.23. The Morgan fingerprint density at radius 1 is 1.80 bits per heavy atom. The largest absolute Gasteiger partial charge is 0.259 e. The number of allylic oxidation sites excluding steroid dienone is 4. The van der Waals surface area contributed by atoms with Gasteiger partial charge in [0.1, 0.15) is 0 Å². The molecule has 3 heteroatoms. The van der Waals surface area contributed by atoms with E-state index in [1.807, 2.05) is 13.0 Å². The van der Waals surface area contributed by atoms with E-state index in [0.717, 1.165) is 6.42 Å². The molecule has 0 spiro atoms. The molecule has 0 fully saturated rings. The van der Waals surface area contributed by atoms with Crippen molar-refractivity contribution in [2.24, 2.45) is 5.92 Å². The summed E-state index contributed by atoms with van der Waals surface area (Å²) in [4.78, 5) is 9.96. The first-order valence-corrected chi connectivity index (χ1v) is 3.23. The third-order valence-corrected chi connectivity index (χ3v) is 1.61. The van der Waals surface area contributed by atoms with Crippen molar-refractivity contribution in [3.8, 4) is 0 Å². The fraction of sp³-hybridized carbons (Fsp3) is 0.429.